The number of nitrogens with zero attached hydrogens (tertiary/aromatic N) is 1. The zero-order chi connectivity index (χ0) is 17.1. The maximum Gasteiger partial charge on any atom is 0.338 e. The molecule has 120 valence electrons. The summed E-state index contributed by atoms with van der Waals surface area (Å²) in [6.45, 7) is 3.53. The first-order valence-corrected chi connectivity index (χ1v) is 8.26. The van der Waals surface area contributed by atoms with Crippen LogP contribution in [0.5, 0.6) is 0 Å². The molecule has 0 saturated carbocycles. The monoisotopic (exact) mass is 444 g/mol. The van der Waals surface area contributed by atoms with Gasteiger partial charge in [0.15, 0.2) is 0 Å². The van der Waals surface area contributed by atoms with Crippen molar-refractivity contribution in [1.82, 2.24) is 0 Å². The van der Waals surface area contributed by atoms with Gasteiger partial charge in [0.25, 0.3) is 0 Å². The second-order valence-corrected chi connectivity index (χ2v) is 6.43. The SMILES string of the molecule is CCOC(=O)C1=C(C)OC(N)=C(C#N)C1c1ccc(I)cc1Cl. The zero-order valence-electron chi connectivity index (χ0n) is 12.5. The van der Waals surface area contributed by atoms with Crippen molar-refractivity contribution in [2.45, 2.75) is 19.8 Å². The summed E-state index contributed by atoms with van der Waals surface area (Å²) in [5, 5.41) is 9.91. The molecule has 7 heteroatoms. The molecule has 0 radical (unpaired) electrons. The Morgan fingerprint density at radius 3 is 2.83 bits per heavy atom. The van der Waals surface area contributed by atoms with Gasteiger partial charge in [-0.1, -0.05) is 17.7 Å². The Labute approximate surface area is 152 Å². The quantitative estimate of drug-likeness (QED) is 0.569. The van der Waals surface area contributed by atoms with Crippen molar-refractivity contribution in [1.29, 1.82) is 5.26 Å². The summed E-state index contributed by atoms with van der Waals surface area (Å²) < 4.78 is 11.4. The summed E-state index contributed by atoms with van der Waals surface area (Å²) >= 11 is 8.47. The Morgan fingerprint density at radius 1 is 1.57 bits per heavy atom. The highest BCUT2D eigenvalue weighted by Gasteiger charge is 2.37. The molecular weight excluding hydrogens is 431 g/mol. The summed E-state index contributed by atoms with van der Waals surface area (Å²) in [6.07, 6.45) is 0. The highest BCUT2D eigenvalue weighted by Crippen LogP contribution is 2.42. The van der Waals surface area contributed by atoms with Crippen molar-refractivity contribution in [2.75, 3.05) is 6.61 Å². The first kappa shape index (κ1) is 17.6. The first-order valence-electron chi connectivity index (χ1n) is 6.81. The Bertz CT molecular complexity index is 765. The number of carbonyl (C=O) groups is 1. The minimum atomic E-state index is -0.711. The number of nitrogens with two attached hydrogens (primary N) is 1. The van der Waals surface area contributed by atoms with Crippen molar-refractivity contribution in [3.05, 3.63) is 55.1 Å². The first-order chi connectivity index (χ1) is 10.9. The van der Waals surface area contributed by atoms with E-state index in [2.05, 4.69) is 22.6 Å². The lowest BCUT2D eigenvalue weighted by molar-refractivity contribution is -0.139. The maximum absolute atomic E-state index is 12.4. The Kier molecular flexibility index (Phi) is 5.55. The number of halogens is 2. The van der Waals surface area contributed by atoms with E-state index < -0.39 is 11.9 Å². The van der Waals surface area contributed by atoms with Crippen LogP contribution in [0.1, 0.15) is 25.3 Å². The number of carbonyl (C=O) groups excluding carboxylic acids is 1. The molecule has 1 atom stereocenters. The lowest BCUT2D eigenvalue weighted by Gasteiger charge is -2.27. The molecule has 1 aliphatic heterocycles. The number of rotatable bonds is 3. The maximum atomic E-state index is 12.4. The van der Waals surface area contributed by atoms with Gasteiger partial charge in [-0.05, 0) is 54.1 Å². The fourth-order valence-electron chi connectivity index (χ4n) is 2.40. The fraction of sp³-hybridized carbons (Fsp3) is 0.250. The molecule has 0 bridgehead atoms. The van der Waals surface area contributed by atoms with E-state index in [1.165, 1.54) is 0 Å². The highest BCUT2D eigenvalue weighted by atomic mass is 127. The standard InChI is InChI=1S/C16H14ClIN2O3/c1-3-22-16(21)13-8(2)23-15(20)11(7-19)14(13)10-5-4-9(18)6-12(10)17/h4-6,14H,3,20H2,1-2H3. The number of ether oxygens (including phenoxy) is 2. The van der Waals surface area contributed by atoms with Crippen LogP contribution in [-0.4, -0.2) is 12.6 Å². The molecule has 2 N–H and O–H groups in total. The number of hydrogen-bond acceptors (Lipinski definition) is 5. The molecule has 2 rings (SSSR count). The summed E-state index contributed by atoms with van der Waals surface area (Å²) in [5.74, 6) is -0.987. The van der Waals surface area contributed by atoms with Gasteiger partial charge in [-0.15, -0.1) is 0 Å². The minimum absolute atomic E-state index is 0.0299. The van der Waals surface area contributed by atoms with Gasteiger partial charge in [-0.2, -0.15) is 5.26 Å². The number of esters is 1. The Morgan fingerprint density at radius 2 is 2.26 bits per heavy atom. The molecule has 1 heterocycles. The summed E-state index contributed by atoms with van der Waals surface area (Å²) in [5.41, 5.74) is 6.81. The number of benzene rings is 1. The largest absolute Gasteiger partial charge is 0.463 e. The molecule has 1 aliphatic rings. The van der Waals surface area contributed by atoms with E-state index in [1.807, 2.05) is 12.1 Å². The van der Waals surface area contributed by atoms with Crippen LogP contribution < -0.4 is 5.73 Å². The van der Waals surface area contributed by atoms with Crippen LogP contribution in [0.25, 0.3) is 0 Å². The van der Waals surface area contributed by atoms with E-state index in [9.17, 15) is 10.1 Å². The lowest BCUT2D eigenvalue weighted by atomic mass is 9.83. The van der Waals surface area contributed by atoms with Crippen molar-refractivity contribution in [3.63, 3.8) is 0 Å². The van der Waals surface area contributed by atoms with Gasteiger partial charge < -0.3 is 15.2 Å². The van der Waals surface area contributed by atoms with Crippen LogP contribution in [-0.2, 0) is 14.3 Å². The molecule has 0 aromatic heterocycles. The van der Waals surface area contributed by atoms with E-state index >= 15 is 0 Å². The fourth-order valence-corrected chi connectivity index (χ4v) is 3.37. The molecular formula is C16H14ClIN2O3. The van der Waals surface area contributed by atoms with E-state index in [4.69, 9.17) is 26.8 Å². The lowest BCUT2D eigenvalue weighted by Crippen LogP contribution is -2.25. The average Bonchev–Trinajstić information content (AvgIpc) is 2.46. The van der Waals surface area contributed by atoms with E-state index in [-0.39, 0.29) is 23.6 Å². The van der Waals surface area contributed by atoms with Crippen LogP contribution >= 0.6 is 34.2 Å². The van der Waals surface area contributed by atoms with Crippen LogP contribution in [0, 0.1) is 14.9 Å². The van der Waals surface area contributed by atoms with Crippen LogP contribution in [0.3, 0.4) is 0 Å². The van der Waals surface area contributed by atoms with Gasteiger partial charge in [-0.25, -0.2) is 4.79 Å². The third kappa shape index (κ3) is 3.46. The van der Waals surface area contributed by atoms with Crippen molar-refractivity contribution in [3.8, 4) is 6.07 Å². The zero-order valence-corrected chi connectivity index (χ0v) is 15.4. The smallest absolute Gasteiger partial charge is 0.338 e. The van der Waals surface area contributed by atoms with Gasteiger partial charge in [0.05, 0.1) is 18.1 Å². The Hall–Kier alpha value is -1.72. The number of hydrogen-bond donors (Lipinski definition) is 1. The normalized spacial score (nSPS) is 17.6. The van der Waals surface area contributed by atoms with Gasteiger partial charge >= 0.3 is 5.97 Å². The molecule has 1 aromatic rings. The predicted octanol–water partition coefficient (Wildman–Crippen LogP) is 3.59. The van der Waals surface area contributed by atoms with Crippen molar-refractivity contribution in [2.24, 2.45) is 5.73 Å². The highest BCUT2D eigenvalue weighted by molar-refractivity contribution is 14.1. The molecule has 0 fully saturated rings. The van der Waals surface area contributed by atoms with Gasteiger partial charge in [0.2, 0.25) is 5.88 Å². The molecule has 5 nitrogen and oxygen atoms in total. The van der Waals surface area contributed by atoms with Crippen LogP contribution in [0.2, 0.25) is 5.02 Å². The molecule has 1 unspecified atom stereocenters. The molecule has 0 saturated heterocycles. The number of nitriles is 1. The van der Waals surface area contributed by atoms with Crippen LogP contribution in [0.4, 0.5) is 0 Å². The Balaban J connectivity index is 2.66. The molecule has 1 aromatic carbocycles. The van der Waals surface area contributed by atoms with Crippen LogP contribution in [0.15, 0.2) is 41.0 Å². The minimum Gasteiger partial charge on any atom is -0.463 e. The van der Waals surface area contributed by atoms with E-state index in [0.29, 0.717) is 16.3 Å². The van der Waals surface area contributed by atoms with Gasteiger partial charge in [-0.3, -0.25) is 0 Å². The predicted molar refractivity (Wildman–Crippen MR) is 94.2 cm³/mol. The van der Waals surface area contributed by atoms with E-state index in [0.717, 1.165) is 3.57 Å². The summed E-state index contributed by atoms with van der Waals surface area (Å²) in [7, 11) is 0. The topological polar surface area (TPSA) is 85.3 Å². The molecule has 0 amide bonds. The van der Waals surface area contributed by atoms with Crippen molar-refractivity contribution >= 4 is 40.2 Å². The molecule has 0 spiro atoms. The molecule has 0 aliphatic carbocycles. The van der Waals surface area contributed by atoms with Gasteiger partial charge in [0, 0.05) is 8.59 Å². The third-order valence-corrected chi connectivity index (χ3v) is 4.37. The van der Waals surface area contributed by atoms with Gasteiger partial charge in [0.1, 0.15) is 17.4 Å². The summed E-state index contributed by atoms with van der Waals surface area (Å²) in [4.78, 5) is 12.4. The average molecular weight is 445 g/mol. The summed E-state index contributed by atoms with van der Waals surface area (Å²) in [6, 6.07) is 7.40. The molecule has 23 heavy (non-hydrogen) atoms. The number of allylic oxidation sites excluding steroid dienone is 2. The second-order valence-electron chi connectivity index (χ2n) is 4.78. The second kappa shape index (κ2) is 7.23. The van der Waals surface area contributed by atoms with Crippen molar-refractivity contribution < 1.29 is 14.3 Å². The third-order valence-electron chi connectivity index (χ3n) is 3.37. The van der Waals surface area contributed by atoms with E-state index in [1.54, 1.807) is 26.0 Å².